The number of imidazole rings is 1. The van der Waals surface area contributed by atoms with Gasteiger partial charge in [0.15, 0.2) is 5.16 Å². The largest absolute Gasteiger partial charge is 0.350 e. The molecule has 0 spiro atoms. The van der Waals surface area contributed by atoms with Crippen molar-refractivity contribution in [1.82, 2.24) is 19.8 Å². The zero-order valence-corrected chi connectivity index (χ0v) is 16.0. The van der Waals surface area contributed by atoms with E-state index in [9.17, 15) is 9.59 Å². The van der Waals surface area contributed by atoms with E-state index in [0.29, 0.717) is 12.5 Å². The van der Waals surface area contributed by atoms with Crippen LogP contribution in [0.25, 0.3) is 0 Å². The molecule has 2 amide bonds. The molecule has 1 aromatic rings. The third kappa shape index (κ3) is 4.19. The average Bonchev–Trinajstić information content (AvgIpc) is 3.29. The number of hydrogen-bond acceptors (Lipinski definition) is 4. The van der Waals surface area contributed by atoms with Gasteiger partial charge in [-0.1, -0.05) is 24.6 Å². The van der Waals surface area contributed by atoms with Crippen molar-refractivity contribution in [3.8, 4) is 0 Å². The Hall–Kier alpha value is -1.50. The average molecular weight is 365 g/mol. The normalized spacial score (nSPS) is 19.4. The summed E-state index contributed by atoms with van der Waals surface area (Å²) in [5.41, 5.74) is 1.01. The number of thioether (sulfide) groups is 1. The van der Waals surface area contributed by atoms with E-state index < -0.39 is 0 Å². The summed E-state index contributed by atoms with van der Waals surface area (Å²) in [6.07, 6.45) is 9.80. The first-order valence-corrected chi connectivity index (χ1v) is 10.4. The number of likely N-dealkylation sites (tertiary alicyclic amines) is 1. The Morgan fingerprint density at radius 1 is 1.20 bits per heavy atom. The predicted molar refractivity (Wildman–Crippen MR) is 98.1 cm³/mol. The van der Waals surface area contributed by atoms with Crippen LogP contribution in [-0.2, 0) is 23.2 Å². The smallest absolute Gasteiger partial charge is 0.225 e. The lowest BCUT2D eigenvalue weighted by molar-refractivity contribution is -0.139. The molecule has 25 heavy (non-hydrogen) atoms. The van der Waals surface area contributed by atoms with Crippen molar-refractivity contribution in [3.05, 3.63) is 11.9 Å². The molecule has 2 heterocycles. The Kier molecular flexibility index (Phi) is 6.04. The van der Waals surface area contributed by atoms with Gasteiger partial charge in [0.2, 0.25) is 11.8 Å². The van der Waals surface area contributed by atoms with Crippen LogP contribution in [0.5, 0.6) is 0 Å². The number of carbonyl (C=O) groups excluding carboxylic acids is 2. The number of hydrogen-bond donors (Lipinski definition) is 1. The third-order valence-corrected chi connectivity index (χ3v) is 6.29. The SMILES string of the molecule is CSc1ncc(CNC(=O)C2CCN(C(=O)C3CCCC3)CC2)n1C. The fourth-order valence-electron chi connectivity index (χ4n) is 3.89. The lowest BCUT2D eigenvalue weighted by Crippen LogP contribution is -2.44. The maximum atomic E-state index is 12.5. The standard InChI is InChI=1S/C18H28N4O2S/c1-21-15(12-20-18(21)25-2)11-19-16(23)13-7-9-22(10-8-13)17(24)14-5-3-4-6-14/h12-14H,3-11H2,1-2H3,(H,19,23). The van der Waals surface area contributed by atoms with Crippen molar-refractivity contribution < 1.29 is 9.59 Å². The molecule has 1 saturated heterocycles. The van der Waals surface area contributed by atoms with E-state index in [4.69, 9.17) is 0 Å². The molecule has 0 bridgehead atoms. The molecule has 7 heteroatoms. The monoisotopic (exact) mass is 364 g/mol. The molecule has 0 aromatic carbocycles. The van der Waals surface area contributed by atoms with Crippen LogP contribution >= 0.6 is 11.8 Å². The number of amides is 2. The van der Waals surface area contributed by atoms with Gasteiger partial charge in [0.05, 0.1) is 18.4 Å². The molecular formula is C18H28N4O2S. The lowest BCUT2D eigenvalue weighted by atomic mass is 9.94. The van der Waals surface area contributed by atoms with Crippen LogP contribution in [0.4, 0.5) is 0 Å². The van der Waals surface area contributed by atoms with E-state index in [1.54, 1.807) is 11.8 Å². The molecule has 3 rings (SSSR count). The second kappa shape index (κ2) is 8.25. The van der Waals surface area contributed by atoms with E-state index in [1.807, 2.05) is 29.0 Å². The Labute approximate surface area is 153 Å². The van der Waals surface area contributed by atoms with Crippen LogP contribution in [-0.4, -0.2) is 45.6 Å². The van der Waals surface area contributed by atoms with Crippen molar-refractivity contribution in [1.29, 1.82) is 0 Å². The summed E-state index contributed by atoms with van der Waals surface area (Å²) in [6.45, 7) is 1.94. The number of nitrogens with zero attached hydrogens (tertiary/aromatic N) is 3. The first kappa shape index (κ1) is 18.3. The summed E-state index contributed by atoms with van der Waals surface area (Å²) in [5, 5.41) is 3.98. The van der Waals surface area contributed by atoms with E-state index >= 15 is 0 Å². The van der Waals surface area contributed by atoms with Crippen LogP contribution < -0.4 is 5.32 Å². The number of carbonyl (C=O) groups is 2. The van der Waals surface area contributed by atoms with Crippen molar-refractivity contribution >= 4 is 23.6 Å². The maximum Gasteiger partial charge on any atom is 0.225 e. The molecule has 2 fully saturated rings. The third-order valence-electron chi connectivity index (χ3n) is 5.55. The molecule has 138 valence electrons. The molecule has 1 aliphatic heterocycles. The van der Waals surface area contributed by atoms with Crippen molar-refractivity contribution in [2.45, 2.75) is 50.2 Å². The number of piperidine rings is 1. The van der Waals surface area contributed by atoms with Crippen LogP contribution in [0, 0.1) is 11.8 Å². The Morgan fingerprint density at radius 3 is 2.48 bits per heavy atom. The molecule has 1 N–H and O–H groups in total. The predicted octanol–water partition coefficient (Wildman–Crippen LogP) is 2.19. The topological polar surface area (TPSA) is 67.2 Å². The van der Waals surface area contributed by atoms with E-state index in [2.05, 4.69) is 10.3 Å². The first-order valence-electron chi connectivity index (χ1n) is 9.21. The van der Waals surface area contributed by atoms with Gasteiger partial charge in [-0.3, -0.25) is 9.59 Å². The zero-order valence-electron chi connectivity index (χ0n) is 15.2. The van der Waals surface area contributed by atoms with E-state index in [0.717, 1.165) is 49.6 Å². The molecule has 0 atom stereocenters. The quantitative estimate of drug-likeness (QED) is 0.813. The minimum atomic E-state index is 0.0147. The Balaban J connectivity index is 1.45. The van der Waals surface area contributed by atoms with Gasteiger partial charge < -0.3 is 14.8 Å². The van der Waals surface area contributed by atoms with Crippen LogP contribution in [0.2, 0.25) is 0 Å². The van der Waals surface area contributed by atoms with Gasteiger partial charge >= 0.3 is 0 Å². The first-order chi connectivity index (χ1) is 12.1. The van der Waals surface area contributed by atoms with Gasteiger partial charge in [0.25, 0.3) is 0 Å². The lowest BCUT2D eigenvalue weighted by Gasteiger charge is -2.33. The Bertz CT molecular complexity index is 617. The molecule has 1 aliphatic carbocycles. The summed E-state index contributed by atoms with van der Waals surface area (Å²) < 4.78 is 2.01. The molecule has 1 aromatic heterocycles. The Morgan fingerprint density at radius 2 is 1.88 bits per heavy atom. The van der Waals surface area contributed by atoms with Crippen molar-refractivity contribution in [2.24, 2.45) is 18.9 Å². The van der Waals surface area contributed by atoms with Gasteiger partial charge in [-0.15, -0.1) is 0 Å². The molecule has 2 aliphatic rings. The van der Waals surface area contributed by atoms with Gasteiger partial charge in [-0.05, 0) is 31.9 Å². The summed E-state index contributed by atoms with van der Waals surface area (Å²) in [4.78, 5) is 31.2. The van der Waals surface area contributed by atoms with Gasteiger partial charge in [0.1, 0.15) is 0 Å². The van der Waals surface area contributed by atoms with Gasteiger partial charge in [0, 0.05) is 32.0 Å². The molecular weight excluding hydrogens is 336 g/mol. The maximum absolute atomic E-state index is 12.5. The second-order valence-corrected chi connectivity index (χ2v) is 7.87. The van der Waals surface area contributed by atoms with Gasteiger partial charge in [-0.2, -0.15) is 0 Å². The number of aromatic nitrogens is 2. The van der Waals surface area contributed by atoms with Crippen LogP contribution in [0.1, 0.15) is 44.2 Å². The van der Waals surface area contributed by atoms with Crippen LogP contribution in [0.3, 0.4) is 0 Å². The molecule has 1 saturated carbocycles. The highest BCUT2D eigenvalue weighted by Gasteiger charge is 2.31. The van der Waals surface area contributed by atoms with E-state index in [1.165, 1.54) is 12.8 Å². The minimum Gasteiger partial charge on any atom is -0.350 e. The van der Waals surface area contributed by atoms with Crippen molar-refractivity contribution in [3.63, 3.8) is 0 Å². The number of rotatable bonds is 5. The van der Waals surface area contributed by atoms with Gasteiger partial charge in [-0.25, -0.2) is 4.98 Å². The summed E-state index contributed by atoms with van der Waals surface area (Å²) in [5.74, 6) is 0.664. The fraction of sp³-hybridized carbons (Fsp3) is 0.722. The molecule has 6 nitrogen and oxygen atoms in total. The highest BCUT2D eigenvalue weighted by molar-refractivity contribution is 7.98. The minimum absolute atomic E-state index is 0.0147. The fourth-order valence-corrected chi connectivity index (χ4v) is 4.44. The zero-order chi connectivity index (χ0) is 17.8. The number of nitrogens with one attached hydrogen (secondary N) is 1. The summed E-state index contributed by atoms with van der Waals surface area (Å²) in [6, 6.07) is 0. The highest BCUT2D eigenvalue weighted by atomic mass is 32.2. The molecule has 0 radical (unpaired) electrons. The highest BCUT2D eigenvalue weighted by Crippen LogP contribution is 2.28. The van der Waals surface area contributed by atoms with Crippen LogP contribution in [0.15, 0.2) is 11.4 Å². The van der Waals surface area contributed by atoms with E-state index in [-0.39, 0.29) is 17.7 Å². The van der Waals surface area contributed by atoms with Crippen molar-refractivity contribution in [2.75, 3.05) is 19.3 Å². The molecule has 0 unspecified atom stereocenters. The summed E-state index contributed by atoms with van der Waals surface area (Å²) in [7, 11) is 1.97. The summed E-state index contributed by atoms with van der Waals surface area (Å²) >= 11 is 1.59. The second-order valence-electron chi connectivity index (χ2n) is 7.09.